The summed E-state index contributed by atoms with van der Waals surface area (Å²) in [5.41, 5.74) is 1.06. The molecule has 4 atom stereocenters. The lowest BCUT2D eigenvalue weighted by Gasteiger charge is -2.29. The molecule has 3 rings (SSSR count). The summed E-state index contributed by atoms with van der Waals surface area (Å²) in [6.07, 6.45) is 2.99. The highest BCUT2D eigenvalue weighted by Gasteiger charge is 2.31. The van der Waals surface area contributed by atoms with Gasteiger partial charge >= 0.3 is 5.97 Å². The summed E-state index contributed by atoms with van der Waals surface area (Å²) in [6, 6.07) is 7.65. The highest BCUT2D eigenvalue weighted by Crippen LogP contribution is 2.30. The van der Waals surface area contributed by atoms with Gasteiger partial charge in [0, 0.05) is 0 Å². The Labute approximate surface area is 170 Å². The number of aromatic nitrogens is 1. The normalized spacial score (nSPS) is 21.8. The predicted octanol–water partition coefficient (Wildman–Crippen LogP) is 1.76. The molecular weight excluding hydrogens is 374 g/mol. The molecule has 0 saturated carbocycles. The number of para-hydroxylation sites is 1. The second-order valence-electron chi connectivity index (χ2n) is 7.69. The van der Waals surface area contributed by atoms with E-state index < -0.39 is 6.04 Å². The van der Waals surface area contributed by atoms with Crippen LogP contribution in [-0.4, -0.2) is 49.6 Å². The highest BCUT2D eigenvalue weighted by molar-refractivity contribution is 7.18. The Hall–Kier alpha value is -1.99. The molecule has 0 bridgehead atoms. The van der Waals surface area contributed by atoms with Crippen LogP contribution in [0.2, 0.25) is 0 Å². The monoisotopic (exact) mass is 404 g/mol. The van der Waals surface area contributed by atoms with Gasteiger partial charge in [-0.25, -0.2) is 9.78 Å². The Morgan fingerprint density at radius 2 is 2.18 bits per heavy atom. The number of thiazole rings is 1. The van der Waals surface area contributed by atoms with Gasteiger partial charge in [0.25, 0.3) is 5.91 Å². The Bertz CT molecular complexity index is 789. The molecule has 2 aromatic rings. The molecule has 2 N–H and O–H groups in total. The number of fused-ring (bicyclic) bond motifs is 1. The largest absolute Gasteiger partial charge is 0.467 e. The fraction of sp³-hybridized carbons (Fsp3) is 0.571. The van der Waals surface area contributed by atoms with Crippen LogP contribution >= 0.6 is 11.3 Å². The summed E-state index contributed by atoms with van der Waals surface area (Å²) in [5, 5.41) is 4.07. The van der Waals surface area contributed by atoms with Crippen LogP contribution in [0.3, 0.4) is 0 Å². The number of carbonyl (C=O) groups is 2. The summed E-state index contributed by atoms with van der Waals surface area (Å²) in [4.78, 5) is 30.7. The number of rotatable bonds is 7. The van der Waals surface area contributed by atoms with Crippen molar-refractivity contribution in [2.24, 2.45) is 5.92 Å². The van der Waals surface area contributed by atoms with E-state index in [0.717, 1.165) is 37.9 Å². The zero-order valence-electron chi connectivity index (χ0n) is 16.9. The van der Waals surface area contributed by atoms with Crippen LogP contribution in [0.15, 0.2) is 24.3 Å². The average molecular weight is 405 g/mol. The Morgan fingerprint density at radius 3 is 2.89 bits per heavy atom. The number of nitrogens with zero attached hydrogens (tertiary/aromatic N) is 1. The van der Waals surface area contributed by atoms with Crippen molar-refractivity contribution in [1.82, 2.24) is 10.3 Å². The molecule has 1 amide bonds. The van der Waals surface area contributed by atoms with E-state index in [1.807, 2.05) is 26.0 Å². The molecule has 1 fully saturated rings. The minimum absolute atomic E-state index is 0.0447. The second kappa shape index (κ2) is 9.47. The smallest absolute Gasteiger partial charge is 0.328 e. The summed E-state index contributed by atoms with van der Waals surface area (Å²) >= 11 is 1.76. The van der Waals surface area contributed by atoms with E-state index in [2.05, 4.69) is 17.4 Å². The molecule has 1 aliphatic rings. The topological polar surface area (TPSA) is 72.7 Å². The minimum atomic E-state index is -0.577. The van der Waals surface area contributed by atoms with Gasteiger partial charge in [-0.05, 0) is 30.9 Å². The maximum absolute atomic E-state index is 12.6. The van der Waals surface area contributed by atoms with E-state index in [9.17, 15) is 9.59 Å². The van der Waals surface area contributed by atoms with Crippen molar-refractivity contribution in [3.05, 3.63) is 29.3 Å². The molecule has 2 heterocycles. The van der Waals surface area contributed by atoms with Gasteiger partial charge in [0.2, 0.25) is 0 Å². The number of likely N-dealkylation sites (tertiary alicyclic amines) is 1. The van der Waals surface area contributed by atoms with Crippen LogP contribution in [0, 0.1) is 5.92 Å². The Kier molecular flexibility index (Phi) is 7.02. The van der Waals surface area contributed by atoms with Crippen LogP contribution in [0.1, 0.15) is 44.0 Å². The number of quaternary nitrogens is 1. The van der Waals surface area contributed by atoms with Crippen molar-refractivity contribution in [3.63, 3.8) is 0 Å². The van der Waals surface area contributed by atoms with Crippen LogP contribution in [0.25, 0.3) is 10.2 Å². The van der Waals surface area contributed by atoms with E-state index in [4.69, 9.17) is 9.72 Å². The summed E-state index contributed by atoms with van der Waals surface area (Å²) < 4.78 is 6.08. The van der Waals surface area contributed by atoms with Gasteiger partial charge in [0.05, 0.1) is 36.3 Å². The van der Waals surface area contributed by atoms with E-state index >= 15 is 0 Å². The number of benzene rings is 1. The standard InChI is InChI=1S/C21H29N3O3S/c1-4-14(2)19(21(26)27-3)23-18(25)13-24-11-7-8-15(12-24)20-22-16-9-5-6-10-17(16)28-20/h5-6,9-10,14-15,19H,4,7-8,11-13H2,1-3H3,(H,23,25)/p+1/t14-,15-,19+/m0/s1. The maximum Gasteiger partial charge on any atom is 0.328 e. The van der Waals surface area contributed by atoms with Gasteiger partial charge in [-0.3, -0.25) is 4.79 Å². The number of hydrogen-bond donors (Lipinski definition) is 2. The summed E-state index contributed by atoms with van der Waals surface area (Å²) in [5.74, 6) is -0.0254. The van der Waals surface area contributed by atoms with Crippen LogP contribution < -0.4 is 10.2 Å². The molecule has 7 heteroatoms. The molecule has 1 aromatic heterocycles. The number of methoxy groups -OCH3 is 1. The van der Waals surface area contributed by atoms with E-state index in [-0.39, 0.29) is 17.8 Å². The number of ether oxygens (including phenoxy) is 1. The first kappa shape index (κ1) is 20.7. The summed E-state index contributed by atoms with van der Waals surface area (Å²) in [7, 11) is 1.36. The fourth-order valence-corrected chi connectivity index (χ4v) is 4.94. The minimum Gasteiger partial charge on any atom is -0.467 e. The molecule has 1 aromatic carbocycles. The molecule has 0 aliphatic carbocycles. The lowest BCUT2D eigenvalue weighted by atomic mass is 9.98. The first-order valence-electron chi connectivity index (χ1n) is 10.1. The van der Waals surface area contributed by atoms with Gasteiger partial charge in [0.1, 0.15) is 11.0 Å². The number of hydrogen-bond acceptors (Lipinski definition) is 5. The molecule has 1 unspecified atom stereocenters. The summed E-state index contributed by atoms with van der Waals surface area (Å²) in [6.45, 7) is 6.22. The second-order valence-corrected chi connectivity index (χ2v) is 8.76. The zero-order chi connectivity index (χ0) is 20.1. The first-order chi connectivity index (χ1) is 13.5. The van der Waals surface area contributed by atoms with Crippen molar-refractivity contribution in [1.29, 1.82) is 0 Å². The maximum atomic E-state index is 12.6. The van der Waals surface area contributed by atoms with Crippen molar-refractivity contribution in [2.45, 2.75) is 45.1 Å². The number of nitrogens with one attached hydrogen (secondary N) is 2. The van der Waals surface area contributed by atoms with Gasteiger partial charge in [-0.15, -0.1) is 11.3 Å². The average Bonchev–Trinajstić information content (AvgIpc) is 3.15. The van der Waals surface area contributed by atoms with Gasteiger partial charge in [-0.2, -0.15) is 0 Å². The molecule has 0 spiro atoms. The molecule has 1 saturated heterocycles. The van der Waals surface area contributed by atoms with Crippen LogP contribution in [-0.2, 0) is 14.3 Å². The van der Waals surface area contributed by atoms with Crippen molar-refractivity contribution >= 4 is 33.4 Å². The van der Waals surface area contributed by atoms with Gasteiger partial charge < -0.3 is 15.0 Å². The molecule has 0 radical (unpaired) electrons. The number of carbonyl (C=O) groups excluding carboxylic acids is 2. The van der Waals surface area contributed by atoms with Gasteiger partial charge in [-0.1, -0.05) is 32.4 Å². The Morgan fingerprint density at radius 1 is 1.39 bits per heavy atom. The molecule has 28 heavy (non-hydrogen) atoms. The van der Waals surface area contributed by atoms with E-state index in [1.54, 1.807) is 11.3 Å². The SMILES string of the molecule is CC[C@H](C)[C@@H](NC(=O)C[NH+]1CCC[C@H](c2nc3ccccc3s2)C1)C(=O)OC. The van der Waals surface area contributed by atoms with Crippen molar-refractivity contribution in [3.8, 4) is 0 Å². The number of piperidine rings is 1. The third-order valence-electron chi connectivity index (χ3n) is 5.67. The molecular formula is C21H30N3O3S+. The first-order valence-corrected chi connectivity index (χ1v) is 10.9. The van der Waals surface area contributed by atoms with E-state index in [0.29, 0.717) is 12.5 Å². The zero-order valence-corrected chi connectivity index (χ0v) is 17.7. The van der Waals surface area contributed by atoms with Gasteiger partial charge in [0.15, 0.2) is 6.54 Å². The predicted molar refractivity (Wildman–Crippen MR) is 111 cm³/mol. The highest BCUT2D eigenvalue weighted by atomic mass is 32.1. The molecule has 6 nitrogen and oxygen atoms in total. The van der Waals surface area contributed by atoms with Crippen LogP contribution in [0.5, 0.6) is 0 Å². The lowest BCUT2D eigenvalue weighted by Crippen LogP contribution is -3.14. The lowest BCUT2D eigenvalue weighted by molar-refractivity contribution is -0.898. The number of esters is 1. The molecule has 152 valence electrons. The fourth-order valence-electron chi connectivity index (χ4n) is 3.83. The van der Waals surface area contributed by atoms with Crippen molar-refractivity contribution < 1.29 is 19.2 Å². The third-order valence-corrected chi connectivity index (χ3v) is 6.87. The number of amides is 1. The Balaban J connectivity index is 1.60. The third kappa shape index (κ3) is 4.89. The van der Waals surface area contributed by atoms with Crippen LogP contribution in [0.4, 0.5) is 0 Å². The molecule has 1 aliphatic heterocycles. The quantitative estimate of drug-likeness (QED) is 0.690. The van der Waals surface area contributed by atoms with Crippen molar-refractivity contribution in [2.75, 3.05) is 26.7 Å². The van der Waals surface area contributed by atoms with E-state index in [1.165, 1.54) is 21.7 Å².